The lowest BCUT2D eigenvalue weighted by atomic mass is 9.93. The minimum absolute atomic E-state index is 0.0886. The molecule has 16 heavy (non-hydrogen) atoms. The summed E-state index contributed by atoms with van der Waals surface area (Å²) in [4.78, 5) is 2.32. The Morgan fingerprint density at radius 3 is 3.19 bits per heavy atom. The first-order chi connectivity index (χ1) is 7.74. The molecule has 0 amide bonds. The van der Waals surface area contributed by atoms with Crippen molar-refractivity contribution < 1.29 is 9.13 Å². The summed E-state index contributed by atoms with van der Waals surface area (Å²) >= 11 is 3.34. The molecule has 0 aromatic heterocycles. The monoisotopic (exact) mass is 285 g/mol. The molecular formula is C12H13BrFNO. The number of hydrogen-bond acceptors (Lipinski definition) is 2. The Labute approximate surface area is 103 Å². The first-order valence-corrected chi connectivity index (χ1v) is 6.32. The zero-order valence-electron chi connectivity index (χ0n) is 8.88. The molecule has 0 saturated carbocycles. The molecule has 0 radical (unpaired) electrons. The van der Waals surface area contributed by atoms with Crippen LogP contribution in [-0.4, -0.2) is 30.7 Å². The van der Waals surface area contributed by atoms with Gasteiger partial charge in [0.1, 0.15) is 5.82 Å². The lowest BCUT2D eigenvalue weighted by Gasteiger charge is -2.40. The standard InChI is InChI=1S/C12H13BrFNO/c13-9-3-8-4-10-7-16-2-1-15(10)6-11(8)12(14)5-9/h3,5,10H,1-2,4,6-7H2. The van der Waals surface area contributed by atoms with E-state index in [2.05, 4.69) is 20.8 Å². The second-order valence-corrected chi connectivity index (χ2v) is 5.34. The molecule has 1 unspecified atom stereocenters. The van der Waals surface area contributed by atoms with Crippen LogP contribution in [0.25, 0.3) is 0 Å². The van der Waals surface area contributed by atoms with Gasteiger partial charge in [0.2, 0.25) is 0 Å². The molecule has 1 aromatic carbocycles. The molecule has 1 atom stereocenters. The van der Waals surface area contributed by atoms with Gasteiger partial charge in [-0.15, -0.1) is 0 Å². The molecule has 1 aromatic rings. The highest BCUT2D eigenvalue weighted by Gasteiger charge is 2.30. The van der Waals surface area contributed by atoms with E-state index in [1.54, 1.807) is 6.07 Å². The molecular weight excluding hydrogens is 273 g/mol. The topological polar surface area (TPSA) is 12.5 Å². The molecule has 2 heterocycles. The van der Waals surface area contributed by atoms with Crippen LogP contribution in [0.1, 0.15) is 11.1 Å². The van der Waals surface area contributed by atoms with Gasteiger partial charge in [0.15, 0.2) is 0 Å². The Morgan fingerprint density at radius 2 is 2.31 bits per heavy atom. The maximum atomic E-state index is 13.8. The third kappa shape index (κ3) is 1.79. The van der Waals surface area contributed by atoms with Gasteiger partial charge < -0.3 is 4.74 Å². The van der Waals surface area contributed by atoms with Gasteiger partial charge in [-0.1, -0.05) is 15.9 Å². The highest BCUT2D eigenvalue weighted by atomic mass is 79.9. The van der Waals surface area contributed by atoms with Crippen molar-refractivity contribution in [2.45, 2.75) is 19.0 Å². The molecule has 0 bridgehead atoms. The zero-order chi connectivity index (χ0) is 11.1. The fourth-order valence-electron chi connectivity index (χ4n) is 2.56. The van der Waals surface area contributed by atoms with Gasteiger partial charge in [-0.2, -0.15) is 0 Å². The smallest absolute Gasteiger partial charge is 0.129 e. The summed E-state index contributed by atoms with van der Waals surface area (Å²) in [5, 5.41) is 0. The minimum Gasteiger partial charge on any atom is -0.378 e. The third-order valence-electron chi connectivity index (χ3n) is 3.42. The number of rotatable bonds is 0. The maximum absolute atomic E-state index is 13.8. The number of morpholine rings is 1. The first-order valence-electron chi connectivity index (χ1n) is 5.52. The fourth-order valence-corrected chi connectivity index (χ4v) is 3.04. The molecule has 86 valence electrons. The number of nitrogens with zero attached hydrogens (tertiary/aromatic N) is 1. The van der Waals surface area contributed by atoms with E-state index in [1.807, 2.05) is 6.07 Å². The minimum atomic E-state index is -0.0886. The van der Waals surface area contributed by atoms with Crippen LogP contribution < -0.4 is 0 Å². The summed E-state index contributed by atoms with van der Waals surface area (Å²) in [6.45, 7) is 3.18. The SMILES string of the molecule is Fc1cc(Br)cc2c1CN1CCOCC1C2. The number of hydrogen-bond donors (Lipinski definition) is 0. The summed E-state index contributed by atoms with van der Waals surface area (Å²) in [7, 11) is 0. The van der Waals surface area contributed by atoms with Crippen LogP contribution >= 0.6 is 15.9 Å². The summed E-state index contributed by atoms with van der Waals surface area (Å²) < 4.78 is 20.1. The molecule has 0 spiro atoms. The second-order valence-electron chi connectivity index (χ2n) is 4.43. The third-order valence-corrected chi connectivity index (χ3v) is 3.88. The Morgan fingerprint density at radius 1 is 1.44 bits per heavy atom. The van der Waals surface area contributed by atoms with Crippen molar-refractivity contribution in [2.24, 2.45) is 0 Å². The number of fused-ring (bicyclic) bond motifs is 2. The fraction of sp³-hybridized carbons (Fsp3) is 0.500. The van der Waals surface area contributed by atoms with Gasteiger partial charge >= 0.3 is 0 Å². The summed E-state index contributed by atoms with van der Waals surface area (Å²) in [5.74, 6) is -0.0886. The normalized spacial score (nSPS) is 25.0. The van der Waals surface area contributed by atoms with Crippen molar-refractivity contribution in [1.82, 2.24) is 4.90 Å². The van der Waals surface area contributed by atoms with E-state index >= 15 is 0 Å². The van der Waals surface area contributed by atoms with E-state index in [1.165, 1.54) is 0 Å². The second kappa shape index (κ2) is 4.09. The van der Waals surface area contributed by atoms with Crippen molar-refractivity contribution in [1.29, 1.82) is 0 Å². The first kappa shape index (κ1) is 10.7. The molecule has 2 aliphatic rings. The lowest BCUT2D eigenvalue weighted by Crippen LogP contribution is -2.48. The van der Waals surface area contributed by atoms with Gasteiger partial charge in [-0.3, -0.25) is 4.90 Å². The van der Waals surface area contributed by atoms with E-state index in [0.29, 0.717) is 6.04 Å². The zero-order valence-corrected chi connectivity index (χ0v) is 10.5. The molecule has 2 aliphatic heterocycles. The molecule has 1 fully saturated rings. The average molecular weight is 286 g/mol. The summed E-state index contributed by atoms with van der Waals surface area (Å²) in [6, 6.07) is 4.01. The van der Waals surface area contributed by atoms with Crippen LogP contribution in [0.15, 0.2) is 16.6 Å². The van der Waals surface area contributed by atoms with Crippen LogP contribution in [0.5, 0.6) is 0 Å². The van der Waals surface area contributed by atoms with Gasteiger partial charge in [-0.25, -0.2) is 4.39 Å². The summed E-state index contributed by atoms with van der Waals surface area (Å²) in [5.41, 5.74) is 1.99. The molecule has 3 rings (SSSR count). The number of halogens is 2. The van der Waals surface area contributed by atoms with Gasteiger partial charge in [-0.05, 0) is 24.1 Å². The van der Waals surface area contributed by atoms with Crippen LogP contribution in [0, 0.1) is 5.82 Å². The van der Waals surface area contributed by atoms with Crippen molar-refractivity contribution >= 4 is 15.9 Å². The molecule has 1 saturated heterocycles. The maximum Gasteiger partial charge on any atom is 0.129 e. The Bertz CT molecular complexity index is 424. The van der Waals surface area contributed by atoms with Crippen molar-refractivity contribution in [2.75, 3.05) is 19.8 Å². The lowest BCUT2D eigenvalue weighted by molar-refractivity contribution is -0.0169. The van der Waals surface area contributed by atoms with Crippen LogP contribution in [0.3, 0.4) is 0 Å². The molecule has 0 N–H and O–H groups in total. The largest absolute Gasteiger partial charge is 0.378 e. The number of ether oxygens (including phenoxy) is 1. The van der Waals surface area contributed by atoms with Crippen LogP contribution in [0.4, 0.5) is 4.39 Å². The average Bonchev–Trinajstić information content (AvgIpc) is 2.27. The Kier molecular flexibility index (Phi) is 2.73. The molecule has 2 nitrogen and oxygen atoms in total. The van der Waals surface area contributed by atoms with Crippen LogP contribution in [0.2, 0.25) is 0 Å². The highest BCUT2D eigenvalue weighted by molar-refractivity contribution is 9.10. The molecule has 4 heteroatoms. The van der Waals surface area contributed by atoms with Crippen LogP contribution in [-0.2, 0) is 17.7 Å². The van der Waals surface area contributed by atoms with E-state index in [4.69, 9.17) is 4.74 Å². The quantitative estimate of drug-likeness (QED) is 0.726. The van der Waals surface area contributed by atoms with E-state index in [0.717, 1.165) is 48.3 Å². The van der Waals surface area contributed by atoms with E-state index < -0.39 is 0 Å². The number of benzene rings is 1. The predicted molar refractivity (Wildman–Crippen MR) is 62.8 cm³/mol. The molecule has 0 aliphatic carbocycles. The predicted octanol–water partition coefficient (Wildman–Crippen LogP) is 2.35. The van der Waals surface area contributed by atoms with Gasteiger partial charge in [0.05, 0.1) is 13.2 Å². The Balaban J connectivity index is 1.98. The van der Waals surface area contributed by atoms with Gasteiger partial charge in [0.25, 0.3) is 0 Å². The van der Waals surface area contributed by atoms with Gasteiger partial charge in [0, 0.05) is 29.2 Å². The van der Waals surface area contributed by atoms with Crippen molar-refractivity contribution in [3.05, 3.63) is 33.5 Å². The van der Waals surface area contributed by atoms with E-state index in [9.17, 15) is 4.39 Å². The summed E-state index contributed by atoms with van der Waals surface area (Å²) in [6.07, 6.45) is 0.895. The van der Waals surface area contributed by atoms with Crippen molar-refractivity contribution in [3.63, 3.8) is 0 Å². The van der Waals surface area contributed by atoms with Crippen molar-refractivity contribution in [3.8, 4) is 0 Å². The Hall–Kier alpha value is -0.450. The highest BCUT2D eigenvalue weighted by Crippen LogP contribution is 2.29. The van der Waals surface area contributed by atoms with E-state index in [-0.39, 0.29) is 5.82 Å².